The Balaban J connectivity index is 1.97. The topological polar surface area (TPSA) is 79.8 Å². The molecular weight excluding hydrogens is 306 g/mol. The highest BCUT2D eigenvalue weighted by atomic mass is 16.5. The van der Waals surface area contributed by atoms with Crippen LogP contribution >= 0.6 is 0 Å². The first-order valence-electron chi connectivity index (χ1n) is 7.51. The lowest BCUT2D eigenvalue weighted by atomic mass is 10.1. The van der Waals surface area contributed by atoms with Gasteiger partial charge in [0.15, 0.2) is 0 Å². The first-order chi connectivity index (χ1) is 11.7. The number of carbonyl (C=O) groups is 2. The Morgan fingerprint density at radius 1 is 1.08 bits per heavy atom. The average Bonchev–Trinajstić information content (AvgIpc) is 2.62. The molecule has 0 spiro atoms. The molecule has 0 aromatic heterocycles. The predicted octanol–water partition coefficient (Wildman–Crippen LogP) is 2.35. The van der Waals surface area contributed by atoms with Crippen LogP contribution in [0.1, 0.15) is 18.1 Å². The van der Waals surface area contributed by atoms with Crippen molar-refractivity contribution in [1.29, 1.82) is 0 Å². The van der Waals surface area contributed by atoms with Gasteiger partial charge in [-0.1, -0.05) is 37.3 Å². The van der Waals surface area contributed by atoms with E-state index in [0.29, 0.717) is 17.0 Å². The number of amides is 2. The van der Waals surface area contributed by atoms with Crippen LogP contribution in [0.25, 0.3) is 0 Å². The van der Waals surface area contributed by atoms with E-state index in [1.54, 1.807) is 31.4 Å². The number of nitrogens with zero attached hydrogens (tertiary/aromatic N) is 1. The Hall–Kier alpha value is -3.15. The van der Waals surface area contributed by atoms with Crippen molar-refractivity contribution in [2.75, 3.05) is 12.4 Å². The van der Waals surface area contributed by atoms with E-state index in [1.165, 1.54) is 6.21 Å². The van der Waals surface area contributed by atoms with E-state index in [1.807, 2.05) is 31.2 Å². The summed E-state index contributed by atoms with van der Waals surface area (Å²) in [5, 5.41) is 6.37. The molecule has 0 saturated heterocycles. The molecule has 124 valence electrons. The molecule has 0 atom stereocenters. The van der Waals surface area contributed by atoms with Crippen molar-refractivity contribution in [3.8, 4) is 5.75 Å². The second-order valence-corrected chi connectivity index (χ2v) is 4.91. The third-order valence-electron chi connectivity index (χ3n) is 3.36. The normalized spacial score (nSPS) is 10.4. The van der Waals surface area contributed by atoms with Gasteiger partial charge in [-0.05, 0) is 30.2 Å². The summed E-state index contributed by atoms with van der Waals surface area (Å²) >= 11 is 0. The van der Waals surface area contributed by atoms with Gasteiger partial charge in [0.2, 0.25) is 0 Å². The minimum Gasteiger partial charge on any atom is -0.496 e. The molecular formula is C18H19N3O3. The molecule has 0 saturated carbocycles. The molecule has 6 heteroatoms. The lowest BCUT2D eigenvalue weighted by Gasteiger charge is -2.08. The monoisotopic (exact) mass is 325 g/mol. The number of anilines is 1. The Morgan fingerprint density at radius 2 is 1.79 bits per heavy atom. The quantitative estimate of drug-likeness (QED) is 0.503. The Bertz CT molecular complexity index is 757. The SMILES string of the molecule is CCc1ccccc1NC(=O)C(=O)N/N=C\c1ccccc1OC. The summed E-state index contributed by atoms with van der Waals surface area (Å²) in [7, 11) is 1.55. The summed E-state index contributed by atoms with van der Waals surface area (Å²) in [4.78, 5) is 23.7. The van der Waals surface area contributed by atoms with Crippen LogP contribution in [0.3, 0.4) is 0 Å². The van der Waals surface area contributed by atoms with Gasteiger partial charge in [0, 0.05) is 11.3 Å². The number of nitrogens with one attached hydrogen (secondary N) is 2. The van der Waals surface area contributed by atoms with Crippen molar-refractivity contribution < 1.29 is 14.3 Å². The molecule has 0 heterocycles. The molecule has 0 aliphatic carbocycles. The van der Waals surface area contributed by atoms with Crippen LogP contribution < -0.4 is 15.5 Å². The van der Waals surface area contributed by atoms with E-state index in [-0.39, 0.29) is 0 Å². The second-order valence-electron chi connectivity index (χ2n) is 4.91. The zero-order valence-corrected chi connectivity index (χ0v) is 13.6. The Morgan fingerprint density at radius 3 is 2.54 bits per heavy atom. The van der Waals surface area contributed by atoms with Crippen molar-refractivity contribution in [2.24, 2.45) is 5.10 Å². The average molecular weight is 325 g/mol. The van der Waals surface area contributed by atoms with Gasteiger partial charge in [0.25, 0.3) is 0 Å². The molecule has 0 fully saturated rings. The predicted molar refractivity (Wildman–Crippen MR) is 93.2 cm³/mol. The first-order valence-corrected chi connectivity index (χ1v) is 7.51. The number of hydrazone groups is 1. The van der Waals surface area contributed by atoms with E-state index >= 15 is 0 Å². The van der Waals surface area contributed by atoms with Crippen molar-refractivity contribution in [1.82, 2.24) is 5.43 Å². The van der Waals surface area contributed by atoms with Crippen molar-refractivity contribution in [2.45, 2.75) is 13.3 Å². The number of para-hydroxylation sites is 2. The van der Waals surface area contributed by atoms with Crippen molar-refractivity contribution in [3.05, 3.63) is 59.7 Å². The fraction of sp³-hybridized carbons (Fsp3) is 0.167. The molecule has 0 radical (unpaired) electrons. The molecule has 2 aromatic rings. The number of ether oxygens (including phenoxy) is 1. The zero-order chi connectivity index (χ0) is 17.4. The summed E-state index contributed by atoms with van der Waals surface area (Å²) in [6.07, 6.45) is 2.17. The number of hydrogen-bond donors (Lipinski definition) is 2. The van der Waals surface area contributed by atoms with Crippen molar-refractivity contribution >= 4 is 23.7 Å². The van der Waals surface area contributed by atoms with Gasteiger partial charge in [0.1, 0.15) is 5.75 Å². The van der Waals surface area contributed by atoms with Gasteiger partial charge >= 0.3 is 11.8 Å². The fourth-order valence-corrected chi connectivity index (χ4v) is 2.11. The first kappa shape index (κ1) is 17.2. The zero-order valence-electron chi connectivity index (χ0n) is 13.6. The van der Waals surface area contributed by atoms with Gasteiger partial charge in [-0.25, -0.2) is 5.43 Å². The second kappa shape index (κ2) is 8.47. The van der Waals surface area contributed by atoms with Gasteiger partial charge in [-0.3, -0.25) is 9.59 Å². The minimum absolute atomic E-state index is 0.619. The van der Waals surface area contributed by atoms with Gasteiger partial charge in [-0.15, -0.1) is 0 Å². The summed E-state index contributed by atoms with van der Waals surface area (Å²) < 4.78 is 5.17. The Kier molecular flexibility index (Phi) is 6.08. The molecule has 2 rings (SSSR count). The lowest BCUT2D eigenvalue weighted by Crippen LogP contribution is -2.32. The van der Waals surface area contributed by atoms with E-state index < -0.39 is 11.8 Å². The molecule has 2 amide bonds. The van der Waals surface area contributed by atoms with Crippen LogP contribution in [0.4, 0.5) is 5.69 Å². The van der Waals surface area contributed by atoms with Gasteiger partial charge < -0.3 is 10.1 Å². The molecule has 24 heavy (non-hydrogen) atoms. The highest BCUT2D eigenvalue weighted by Gasteiger charge is 2.14. The fourth-order valence-electron chi connectivity index (χ4n) is 2.11. The highest BCUT2D eigenvalue weighted by molar-refractivity contribution is 6.39. The number of methoxy groups -OCH3 is 1. The molecule has 0 aliphatic heterocycles. The summed E-state index contributed by atoms with van der Waals surface area (Å²) in [5.74, 6) is -0.989. The van der Waals surface area contributed by atoms with E-state index in [4.69, 9.17) is 4.74 Å². The van der Waals surface area contributed by atoms with E-state index in [9.17, 15) is 9.59 Å². The third-order valence-corrected chi connectivity index (χ3v) is 3.36. The van der Waals surface area contributed by atoms with Crippen LogP contribution in [0.5, 0.6) is 5.75 Å². The highest BCUT2D eigenvalue weighted by Crippen LogP contribution is 2.15. The molecule has 2 aromatic carbocycles. The van der Waals surface area contributed by atoms with Crippen LogP contribution in [0, 0.1) is 0 Å². The molecule has 0 unspecified atom stereocenters. The number of carbonyl (C=O) groups excluding carboxylic acids is 2. The molecule has 0 aliphatic rings. The van der Waals surface area contributed by atoms with Crippen LogP contribution in [0.2, 0.25) is 0 Å². The van der Waals surface area contributed by atoms with Crippen LogP contribution in [0.15, 0.2) is 53.6 Å². The minimum atomic E-state index is -0.841. The maximum atomic E-state index is 11.9. The van der Waals surface area contributed by atoms with Crippen molar-refractivity contribution in [3.63, 3.8) is 0 Å². The van der Waals surface area contributed by atoms with Crippen LogP contribution in [-0.4, -0.2) is 25.1 Å². The summed E-state index contributed by atoms with van der Waals surface area (Å²) in [6, 6.07) is 14.5. The number of aryl methyl sites for hydroxylation is 1. The molecule has 6 nitrogen and oxygen atoms in total. The van der Waals surface area contributed by atoms with Gasteiger partial charge in [-0.2, -0.15) is 5.10 Å². The maximum Gasteiger partial charge on any atom is 0.329 e. The largest absolute Gasteiger partial charge is 0.496 e. The summed E-state index contributed by atoms with van der Waals surface area (Å²) in [5.41, 5.74) is 4.47. The maximum absolute atomic E-state index is 11.9. The van der Waals surface area contributed by atoms with Gasteiger partial charge in [0.05, 0.1) is 13.3 Å². The number of benzene rings is 2. The standard InChI is InChI=1S/C18H19N3O3/c1-3-13-8-4-6-10-15(13)20-17(22)18(23)21-19-12-14-9-5-7-11-16(14)24-2/h4-12H,3H2,1-2H3,(H,20,22)(H,21,23)/b19-12-. The Labute approximate surface area is 140 Å². The van der Waals surface area contributed by atoms with E-state index in [0.717, 1.165) is 12.0 Å². The number of rotatable bonds is 5. The van der Waals surface area contributed by atoms with Crippen LogP contribution in [-0.2, 0) is 16.0 Å². The lowest BCUT2D eigenvalue weighted by molar-refractivity contribution is -0.136. The summed E-state index contributed by atoms with van der Waals surface area (Å²) in [6.45, 7) is 1.97. The molecule has 2 N–H and O–H groups in total. The number of hydrogen-bond acceptors (Lipinski definition) is 4. The third kappa shape index (κ3) is 4.42. The van der Waals surface area contributed by atoms with E-state index in [2.05, 4.69) is 15.8 Å². The smallest absolute Gasteiger partial charge is 0.329 e. The molecule has 0 bridgehead atoms.